The van der Waals surface area contributed by atoms with Crippen molar-refractivity contribution in [3.05, 3.63) is 58.5 Å². The van der Waals surface area contributed by atoms with Crippen molar-refractivity contribution in [2.75, 3.05) is 0 Å². The van der Waals surface area contributed by atoms with Gasteiger partial charge in [0.15, 0.2) is 0 Å². The SMILES string of the molecule is CC(NC(=O)c1cnc2ccccc2n1)c1cccs1. The molecule has 2 heterocycles. The molecule has 0 saturated heterocycles. The second-order valence-corrected chi connectivity index (χ2v) is 5.43. The number of thiophene rings is 1. The number of fused-ring (bicyclic) bond motifs is 1. The summed E-state index contributed by atoms with van der Waals surface area (Å²) in [6.07, 6.45) is 1.51. The van der Waals surface area contributed by atoms with Crippen molar-refractivity contribution >= 4 is 28.3 Å². The first-order chi connectivity index (χ1) is 9.74. The Bertz CT molecular complexity index is 740. The number of carbonyl (C=O) groups is 1. The molecule has 1 unspecified atom stereocenters. The predicted octanol–water partition coefficient (Wildman–Crippen LogP) is 3.18. The number of para-hydroxylation sites is 2. The van der Waals surface area contributed by atoms with Gasteiger partial charge in [0.25, 0.3) is 5.91 Å². The molecule has 0 saturated carbocycles. The van der Waals surface area contributed by atoms with Gasteiger partial charge in [-0.25, -0.2) is 4.98 Å². The van der Waals surface area contributed by atoms with Crippen LogP contribution >= 0.6 is 11.3 Å². The van der Waals surface area contributed by atoms with Crippen LogP contribution in [0.25, 0.3) is 11.0 Å². The number of amides is 1. The summed E-state index contributed by atoms with van der Waals surface area (Å²) in [7, 11) is 0. The number of nitrogens with one attached hydrogen (secondary N) is 1. The standard InChI is InChI=1S/C15H13N3OS/c1-10(14-7-4-8-20-14)17-15(19)13-9-16-11-5-2-3-6-12(11)18-13/h2-10H,1H3,(H,17,19). The molecule has 1 atom stereocenters. The lowest BCUT2D eigenvalue weighted by atomic mass is 10.2. The zero-order valence-corrected chi connectivity index (χ0v) is 11.7. The summed E-state index contributed by atoms with van der Waals surface area (Å²) in [6.45, 7) is 1.96. The lowest BCUT2D eigenvalue weighted by molar-refractivity contribution is 0.0935. The molecule has 2 aromatic heterocycles. The van der Waals surface area contributed by atoms with Crippen LogP contribution in [0, 0.1) is 0 Å². The van der Waals surface area contributed by atoms with Crippen molar-refractivity contribution in [3.63, 3.8) is 0 Å². The lowest BCUT2D eigenvalue weighted by Gasteiger charge is -2.11. The molecule has 1 N–H and O–H groups in total. The molecule has 3 aromatic rings. The van der Waals surface area contributed by atoms with Crippen LogP contribution in [-0.4, -0.2) is 15.9 Å². The molecule has 3 rings (SSSR count). The molecule has 0 aliphatic rings. The van der Waals surface area contributed by atoms with E-state index in [-0.39, 0.29) is 11.9 Å². The Morgan fingerprint density at radius 2 is 2.00 bits per heavy atom. The van der Waals surface area contributed by atoms with Crippen molar-refractivity contribution in [2.45, 2.75) is 13.0 Å². The maximum Gasteiger partial charge on any atom is 0.272 e. The van der Waals surface area contributed by atoms with Crippen LogP contribution < -0.4 is 5.32 Å². The van der Waals surface area contributed by atoms with Gasteiger partial charge in [0.05, 0.1) is 23.3 Å². The quantitative estimate of drug-likeness (QED) is 0.803. The number of aromatic nitrogens is 2. The number of carbonyl (C=O) groups excluding carboxylic acids is 1. The van der Waals surface area contributed by atoms with E-state index in [9.17, 15) is 4.79 Å². The zero-order valence-electron chi connectivity index (χ0n) is 10.9. The molecule has 0 spiro atoms. The third-order valence-electron chi connectivity index (χ3n) is 3.00. The van der Waals surface area contributed by atoms with Crippen LogP contribution in [0.5, 0.6) is 0 Å². The van der Waals surface area contributed by atoms with Crippen LogP contribution in [0.1, 0.15) is 28.3 Å². The Morgan fingerprint density at radius 1 is 1.20 bits per heavy atom. The molecule has 1 amide bonds. The first-order valence-corrected chi connectivity index (χ1v) is 7.18. The van der Waals surface area contributed by atoms with E-state index in [1.807, 2.05) is 48.7 Å². The number of benzene rings is 1. The fourth-order valence-corrected chi connectivity index (χ4v) is 2.68. The zero-order chi connectivity index (χ0) is 13.9. The smallest absolute Gasteiger partial charge is 0.272 e. The molecular weight excluding hydrogens is 270 g/mol. The van der Waals surface area contributed by atoms with Crippen molar-refractivity contribution in [1.82, 2.24) is 15.3 Å². The molecule has 5 heteroatoms. The number of hydrogen-bond donors (Lipinski definition) is 1. The van der Waals surface area contributed by atoms with E-state index in [0.29, 0.717) is 5.69 Å². The average Bonchev–Trinajstić information content (AvgIpc) is 3.01. The topological polar surface area (TPSA) is 54.9 Å². The van der Waals surface area contributed by atoms with Gasteiger partial charge in [0.2, 0.25) is 0 Å². The predicted molar refractivity (Wildman–Crippen MR) is 79.7 cm³/mol. The van der Waals surface area contributed by atoms with Gasteiger partial charge >= 0.3 is 0 Å². The molecule has 20 heavy (non-hydrogen) atoms. The normalized spacial score (nSPS) is 12.2. The van der Waals surface area contributed by atoms with E-state index >= 15 is 0 Å². The number of rotatable bonds is 3. The van der Waals surface area contributed by atoms with E-state index in [2.05, 4.69) is 15.3 Å². The highest BCUT2D eigenvalue weighted by molar-refractivity contribution is 7.10. The van der Waals surface area contributed by atoms with Gasteiger partial charge in [-0.1, -0.05) is 18.2 Å². The summed E-state index contributed by atoms with van der Waals surface area (Å²) in [5.74, 6) is -0.204. The van der Waals surface area contributed by atoms with Crippen LogP contribution in [0.15, 0.2) is 48.0 Å². The summed E-state index contributed by atoms with van der Waals surface area (Å²) >= 11 is 1.62. The second-order valence-electron chi connectivity index (χ2n) is 4.45. The average molecular weight is 283 g/mol. The molecular formula is C15H13N3OS. The van der Waals surface area contributed by atoms with E-state index in [0.717, 1.165) is 15.9 Å². The Hall–Kier alpha value is -2.27. The molecule has 0 radical (unpaired) electrons. The molecule has 0 bridgehead atoms. The van der Waals surface area contributed by atoms with Crippen LogP contribution in [0.4, 0.5) is 0 Å². The summed E-state index contributed by atoms with van der Waals surface area (Å²) in [5.41, 5.74) is 1.85. The van der Waals surface area contributed by atoms with E-state index in [1.54, 1.807) is 11.3 Å². The summed E-state index contributed by atoms with van der Waals surface area (Å²) in [4.78, 5) is 21.9. The summed E-state index contributed by atoms with van der Waals surface area (Å²) in [6, 6.07) is 11.4. The molecule has 4 nitrogen and oxygen atoms in total. The maximum absolute atomic E-state index is 12.2. The highest BCUT2D eigenvalue weighted by Crippen LogP contribution is 2.18. The molecule has 0 fully saturated rings. The third-order valence-corrected chi connectivity index (χ3v) is 4.05. The van der Waals surface area contributed by atoms with Gasteiger partial charge in [0, 0.05) is 4.88 Å². The Balaban J connectivity index is 1.82. The minimum atomic E-state index is -0.204. The monoisotopic (exact) mass is 283 g/mol. The van der Waals surface area contributed by atoms with E-state index in [4.69, 9.17) is 0 Å². The minimum absolute atomic E-state index is 0.0317. The van der Waals surface area contributed by atoms with Gasteiger partial charge in [-0.2, -0.15) is 0 Å². The Morgan fingerprint density at radius 3 is 2.75 bits per heavy atom. The minimum Gasteiger partial charge on any atom is -0.343 e. The first kappa shape index (κ1) is 12.7. The third kappa shape index (κ3) is 2.53. The van der Waals surface area contributed by atoms with Crippen LogP contribution in [0.2, 0.25) is 0 Å². The highest BCUT2D eigenvalue weighted by Gasteiger charge is 2.14. The number of nitrogens with zero attached hydrogens (tertiary/aromatic N) is 2. The number of hydrogen-bond acceptors (Lipinski definition) is 4. The second kappa shape index (κ2) is 5.38. The lowest BCUT2D eigenvalue weighted by Crippen LogP contribution is -2.27. The van der Waals surface area contributed by atoms with Crippen molar-refractivity contribution < 1.29 is 4.79 Å². The van der Waals surface area contributed by atoms with Gasteiger partial charge in [0.1, 0.15) is 5.69 Å². The highest BCUT2D eigenvalue weighted by atomic mass is 32.1. The molecule has 1 aromatic carbocycles. The van der Waals surface area contributed by atoms with E-state index in [1.165, 1.54) is 6.20 Å². The van der Waals surface area contributed by atoms with Crippen LogP contribution in [0.3, 0.4) is 0 Å². The van der Waals surface area contributed by atoms with Gasteiger partial charge in [-0.3, -0.25) is 9.78 Å². The summed E-state index contributed by atoms with van der Waals surface area (Å²) < 4.78 is 0. The largest absolute Gasteiger partial charge is 0.343 e. The van der Waals surface area contributed by atoms with Crippen LogP contribution in [-0.2, 0) is 0 Å². The van der Waals surface area contributed by atoms with Crippen molar-refractivity contribution in [2.24, 2.45) is 0 Å². The van der Waals surface area contributed by atoms with Crippen molar-refractivity contribution in [1.29, 1.82) is 0 Å². The van der Waals surface area contributed by atoms with Gasteiger partial charge in [-0.05, 0) is 30.5 Å². The fourth-order valence-electron chi connectivity index (χ4n) is 1.95. The molecule has 100 valence electrons. The Labute approximate surface area is 120 Å². The van der Waals surface area contributed by atoms with Gasteiger partial charge in [-0.15, -0.1) is 11.3 Å². The van der Waals surface area contributed by atoms with Crippen molar-refractivity contribution in [3.8, 4) is 0 Å². The molecule has 0 aliphatic heterocycles. The summed E-state index contributed by atoms with van der Waals surface area (Å²) in [5, 5.41) is 4.93. The first-order valence-electron chi connectivity index (χ1n) is 6.30. The maximum atomic E-state index is 12.2. The fraction of sp³-hybridized carbons (Fsp3) is 0.133. The van der Waals surface area contributed by atoms with Gasteiger partial charge < -0.3 is 5.32 Å². The molecule has 0 aliphatic carbocycles. The van der Waals surface area contributed by atoms with E-state index < -0.39 is 0 Å². The Kier molecular flexibility index (Phi) is 3.43.